The molecule has 0 heterocycles. The van der Waals surface area contributed by atoms with Crippen LogP contribution in [0.15, 0.2) is 0 Å². The van der Waals surface area contributed by atoms with E-state index in [0.29, 0.717) is 0 Å². The van der Waals surface area contributed by atoms with Crippen LogP contribution >= 0.6 is 0 Å². The van der Waals surface area contributed by atoms with E-state index in [9.17, 15) is 14.4 Å². The van der Waals surface area contributed by atoms with E-state index in [2.05, 4.69) is 5.32 Å². The van der Waals surface area contributed by atoms with Gasteiger partial charge in [-0.25, -0.2) is 0 Å². The van der Waals surface area contributed by atoms with Gasteiger partial charge in [0.2, 0.25) is 11.8 Å². The van der Waals surface area contributed by atoms with E-state index < -0.39 is 36.3 Å². The van der Waals surface area contributed by atoms with Gasteiger partial charge < -0.3 is 21.9 Å². The lowest BCUT2D eigenvalue weighted by molar-refractivity contribution is -0.139. The topological polar surface area (TPSA) is 136 Å². The van der Waals surface area contributed by atoms with Gasteiger partial charge in [0.05, 0.1) is 12.5 Å². The zero-order valence-electron chi connectivity index (χ0n) is 7.69. The fourth-order valence-corrected chi connectivity index (χ4v) is 0.672. The van der Waals surface area contributed by atoms with Crippen molar-refractivity contribution in [2.75, 3.05) is 0 Å². The minimum atomic E-state index is -1.18. The Morgan fingerprint density at radius 3 is 2.29 bits per heavy atom. The average molecular weight is 203 g/mol. The van der Waals surface area contributed by atoms with Crippen molar-refractivity contribution in [1.29, 1.82) is 0 Å². The number of carbonyl (C=O) groups is 3. The summed E-state index contributed by atoms with van der Waals surface area (Å²) in [6.07, 6.45) is -0.489. The number of aliphatic carboxylic acids is 1. The third kappa shape index (κ3) is 4.41. The monoisotopic (exact) mass is 203 g/mol. The van der Waals surface area contributed by atoms with Crippen LogP contribution in [0.1, 0.15) is 13.3 Å². The van der Waals surface area contributed by atoms with Gasteiger partial charge in [-0.1, -0.05) is 0 Å². The van der Waals surface area contributed by atoms with Gasteiger partial charge >= 0.3 is 5.97 Å². The molecular formula is C7H13N3O4. The van der Waals surface area contributed by atoms with Crippen LogP contribution in [0.3, 0.4) is 0 Å². The minimum Gasteiger partial charge on any atom is -0.481 e. The van der Waals surface area contributed by atoms with Gasteiger partial charge in [0.25, 0.3) is 0 Å². The minimum absolute atomic E-state index is 0.489. The SMILES string of the molecule is C[C@@H](NC(=O)[C@@H](N)CC(=O)O)C(N)=O. The van der Waals surface area contributed by atoms with Crippen LogP contribution in [-0.4, -0.2) is 35.0 Å². The van der Waals surface area contributed by atoms with Crippen LogP contribution in [0.5, 0.6) is 0 Å². The smallest absolute Gasteiger partial charge is 0.305 e. The first kappa shape index (κ1) is 12.4. The second-order valence-corrected chi connectivity index (χ2v) is 2.84. The predicted octanol–water partition coefficient (Wildman–Crippen LogP) is -2.22. The maximum atomic E-state index is 11.1. The zero-order chi connectivity index (χ0) is 11.3. The largest absolute Gasteiger partial charge is 0.481 e. The number of carbonyl (C=O) groups excluding carboxylic acids is 2. The van der Waals surface area contributed by atoms with Crippen molar-refractivity contribution in [3.8, 4) is 0 Å². The van der Waals surface area contributed by atoms with E-state index in [1.54, 1.807) is 0 Å². The molecule has 7 heteroatoms. The van der Waals surface area contributed by atoms with Gasteiger partial charge in [0.1, 0.15) is 6.04 Å². The molecule has 14 heavy (non-hydrogen) atoms. The number of carboxylic acid groups (broad SMARTS) is 1. The molecule has 0 aliphatic rings. The highest BCUT2D eigenvalue weighted by Gasteiger charge is 2.20. The molecule has 0 fully saturated rings. The van der Waals surface area contributed by atoms with Crippen LogP contribution in [0.25, 0.3) is 0 Å². The number of amides is 2. The van der Waals surface area contributed by atoms with E-state index in [-0.39, 0.29) is 0 Å². The average Bonchev–Trinajstić information content (AvgIpc) is 2.02. The summed E-state index contributed by atoms with van der Waals surface area (Å²) in [5, 5.41) is 10.5. The van der Waals surface area contributed by atoms with Crippen LogP contribution in [-0.2, 0) is 14.4 Å². The van der Waals surface area contributed by atoms with Gasteiger partial charge in [-0.3, -0.25) is 14.4 Å². The molecule has 0 radical (unpaired) electrons. The third-order valence-electron chi connectivity index (χ3n) is 1.52. The molecule has 0 aromatic carbocycles. The fourth-order valence-electron chi connectivity index (χ4n) is 0.672. The lowest BCUT2D eigenvalue weighted by Gasteiger charge is -2.13. The van der Waals surface area contributed by atoms with Crippen LogP contribution in [0, 0.1) is 0 Å². The molecule has 0 aliphatic carbocycles. The van der Waals surface area contributed by atoms with Crippen molar-refractivity contribution < 1.29 is 19.5 Å². The summed E-state index contributed by atoms with van der Waals surface area (Å²) in [4.78, 5) is 31.8. The number of primary amides is 1. The molecule has 80 valence electrons. The van der Waals surface area contributed by atoms with Gasteiger partial charge in [0, 0.05) is 0 Å². The summed E-state index contributed by atoms with van der Waals surface area (Å²) >= 11 is 0. The normalized spacial score (nSPS) is 14.1. The summed E-state index contributed by atoms with van der Waals surface area (Å²) in [6, 6.07) is -2.03. The molecule has 0 aromatic heterocycles. The van der Waals surface area contributed by atoms with Gasteiger partial charge in [-0.05, 0) is 6.92 Å². The Morgan fingerprint density at radius 2 is 1.93 bits per heavy atom. The number of hydrogen-bond acceptors (Lipinski definition) is 4. The maximum absolute atomic E-state index is 11.1. The highest BCUT2D eigenvalue weighted by molar-refractivity contribution is 5.90. The molecule has 0 bridgehead atoms. The summed E-state index contributed by atoms with van der Waals surface area (Å²) in [6.45, 7) is 1.38. The highest BCUT2D eigenvalue weighted by atomic mass is 16.4. The Bertz CT molecular complexity index is 253. The lowest BCUT2D eigenvalue weighted by atomic mass is 10.2. The molecule has 0 unspecified atom stereocenters. The van der Waals surface area contributed by atoms with Crippen LogP contribution in [0.2, 0.25) is 0 Å². The molecule has 7 nitrogen and oxygen atoms in total. The Labute approximate surface area is 80.4 Å². The molecule has 0 spiro atoms. The van der Waals surface area contributed by atoms with Crippen molar-refractivity contribution in [3.05, 3.63) is 0 Å². The molecule has 0 rings (SSSR count). The number of carboxylic acids is 1. The summed E-state index contributed by atoms with van der Waals surface area (Å²) < 4.78 is 0. The standard InChI is InChI=1S/C7H13N3O4/c1-3(6(9)13)10-7(14)4(8)2-5(11)12/h3-4H,2,8H2,1H3,(H2,9,13)(H,10,14)(H,11,12)/t3-,4+/m1/s1. The van der Waals surface area contributed by atoms with Crippen molar-refractivity contribution in [1.82, 2.24) is 5.32 Å². The van der Waals surface area contributed by atoms with Gasteiger partial charge in [-0.15, -0.1) is 0 Å². The maximum Gasteiger partial charge on any atom is 0.305 e. The van der Waals surface area contributed by atoms with E-state index in [1.807, 2.05) is 0 Å². The van der Waals surface area contributed by atoms with E-state index in [4.69, 9.17) is 16.6 Å². The Hall–Kier alpha value is -1.63. The predicted molar refractivity (Wildman–Crippen MR) is 47.0 cm³/mol. The molecule has 0 saturated heterocycles. The second-order valence-electron chi connectivity index (χ2n) is 2.84. The Kier molecular flexibility index (Phi) is 4.57. The van der Waals surface area contributed by atoms with Crippen molar-refractivity contribution in [2.45, 2.75) is 25.4 Å². The molecule has 0 aliphatic heterocycles. The zero-order valence-corrected chi connectivity index (χ0v) is 7.69. The first-order valence-corrected chi connectivity index (χ1v) is 3.91. The van der Waals surface area contributed by atoms with Gasteiger partial charge in [-0.2, -0.15) is 0 Å². The second kappa shape index (κ2) is 5.18. The van der Waals surface area contributed by atoms with Crippen LogP contribution < -0.4 is 16.8 Å². The van der Waals surface area contributed by atoms with Crippen LogP contribution in [0.4, 0.5) is 0 Å². The first-order chi connectivity index (χ1) is 6.34. The summed E-state index contributed by atoms with van der Waals surface area (Å²) in [7, 11) is 0. The molecule has 2 atom stereocenters. The molecule has 2 amide bonds. The van der Waals surface area contributed by atoms with Gasteiger partial charge in [0.15, 0.2) is 0 Å². The van der Waals surface area contributed by atoms with Crippen molar-refractivity contribution in [2.24, 2.45) is 11.5 Å². The first-order valence-electron chi connectivity index (χ1n) is 3.91. The molecule has 0 aromatic rings. The Morgan fingerprint density at radius 1 is 1.43 bits per heavy atom. The number of nitrogens with one attached hydrogen (secondary N) is 1. The summed E-state index contributed by atoms with van der Waals surface area (Å²) in [5.41, 5.74) is 10.1. The van der Waals surface area contributed by atoms with E-state index in [0.717, 1.165) is 0 Å². The number of rotatable bonds is 5. The van der Waals surface area contributed by atoms with Crippen molar-refractivity contribution >= 4 is 17.8 Å². The quantitative estimate of drug-likeness (QED) is 0.401. The van der Waals surface area contributed by atoms with E-state index >= 15 is 0 Å². The van der Waals surface area contributed by atoms with E-state index in [1.165, 1.54) is 6.92 Å². The molecule has 0 saturated carbocycles. The highest BCUT2D eigenvalue weighted by Crippen LogP contribution is 1.90. The number of hydrogen-bond donors (Lipinski definition) is 4. The molecule has 6 N–H and O–H groups in total. The molecular weight excluding hydrogens is 190 g/mol. The Balaban J connectivity index is 4.07. The third-order valence-corrected chi connectivity index (χ3v) is 1.52. The lowest BCUT2D eigenvalue weighted by Crippen LogP contribution is -2.49. The van der Waals surface area contributed by atoms with Crippen molar-refractivity contribution in [3.63, 3.8) is 0 Å². The summed E-state index contributed by atoms with van der Waals surface area (Å²) in [5.74, 6) is -2.60. The number of nitrogens with two attached hydrogens (primary N) is 2. The fraction of sp³-hybridized carbons (Fsp3) is 0.571.